The van der Waals surface area contributed by atoms with Crippen molar-refractivity contribution < 1.29 is 23.5 Å². The third-order valence-electron chi connectivity index (χ3n) is 5.38. The molecule has 166 valence electrons. The van der Waals surface area contributed by atoms with Gasteiger partial charge in [-0.1, -0.05) is 17.4 Å². The summed E-state index contributed by atoms with van der Waals surface area (Å²) in [6.45, 7) is 1.34. The molecule has 0 bridgehead atoms. The van der Waals surface area contributed by atoms with E-state index in [-0.39, 0.29) is 16.6 Å². The van der Waals surface area contributed by atoms with Crippen molar-refractivity contribution >= 4 is 45.4 Å². The molecule has 4 N–H and O–H groups in total. The molecule has 1 saturated heterocycles. The number of nitrogens with one attached hydrogen (secondary N) is 1. The number of nitrogens with zero attached hydrogens (tertiary/aromatic N) is 2. The first-order valence-corrected chi connectivity index (χ1v) is 10.7. The van der Waals surface area contributed by atoms with Gasteiger partial charge in [0.1, 0.15) is 22.3 Å². The Bertz CT molecular complexity index is 1140. The predicted octanol–water partition coefficient (Wildman–Crippen LogP) is 4.28. The van der Waals surface area contributed by atoms with E-state index in [1.54, 1.807) is 0 Å². The maximum atomic E-state index is 14.0. The summed E-state index contributed by atoms with van der Waals surface area (Å²) in [6.07, 6.45) is 1.21. The highest BCUT2D eigenvalue weighted by Crippen LogP contribution is 2.32. The number of hydrogen-bond acceptors (Lipinski definition) is 7. The van der Waals surface area contributed by atoms with E-state index in [9.17, 15) is 18.4 Å². The van der Waals surface area contributed by atoms with Gasteiger partial charge in [0, 0.05) is 24.5 Å². The molecule has 0 saturated carbocycles. The fraction of sp³-hybridized carbons (Fsp3) is 0.227. The number of carboxylic acids is 1. The number of aromatic nitrogens is 1. The molecule has 3 aromatic rings. The second-order valence-electron chi connectivity index (χ2n) is 7.43. The summed E-state index contributed by atoms with van der Waals surface area (Å²) in [5, 5.41) is 12.5. The molecular weight excluding hydrogens is 438 g/mol. The quantitative estimate of drug-likeness (QED) is 0.473. The van der Waals surface area contributed by atoms with Gasteiger partial charge in [0.05, 0.1) is 11.5 Å². The van der Waals surface area contributed by atoms with Crippen LogP contribution in [0, 0.1) is 17.6 Å². The van der Waals surface area contributed by atoms with Crippen molar-refractivity contribution in [2.75, 3.05) is 29.0 Å². The minimum Gasteiger partial charge on any atom is -0.481 e. The van der Waals surface area contributed by atoms with Crippen LogP contribution in [0.3, 0.4) is 0 Å². The normalized spacial score (nSPS) is 14.4. The van der Waals surface area contributed by atoms with Crippen molar-refractivity contribution in [3.8, 4) is 0 Å². The van der Waals surface area contributed by atoms with Gasteiger partial charge in [0.25, 0.3) is 0 Å². The summed E-state index contributed by atoms with van der Waals surface area (Å²) in [7, 11) is 0. The number of anilines is 4. The standard InChI is InChI=1S/C22H20F2N4O3S/c23-15-2-1-3-16(24)17(15)18(29)19-20(25)27-22(32-19)26-13-4-6-14(7-5-13)28-10-8-12(9-11-28)21(30)31/h1-7,12H,8-11,25H2,(H,26,27)(H,30,31). The van der Waals surface area contributed by atoms with E-state index in [4.69, 9.17) is 10.8 Å². The Balaban J connectivity index is 1.45. The van der Waals surface area contributed by atoms with Crippen molar-refractivity contribution in [1.82, 2.24) is 4.98 Å². The molecule has 4 rings (SSSR count). The lowest BCUT2D eigenvalue weighted by atomic mass is 9.97. The summed E-state index contributed by atoms with van der Waals surface area (Å²) < 4.78 is 27.9. The largest absolute Gasteiger partial charge is 0.481 e. The number of thiazole rings is 1. The second-order valence-corrected chi connectivity index (χ2v) is 8.43. The van der Waals surface area contributed by atoms with Crippen molar-refractivity contribution in [2.24, 2.45) is 5.92 Å². The molecule has 2 aromatic carbocycles. The van der Waals surface area contributed by atoms with Crippen LogP contribution < -0.4 is 16.0 Å². The number of carbonyl (C=O) groups is 2. The van der Waals surface area contributed by atoms with Gasteiger partial charge in [-0.15, -0.1) is 0 Å². The molecule has 0 spiro atoms. The number of carbonyl (C=O) groups excluding carboxylic acids is 1. The van der Waals surface area contributed by atoms with E-state index in [1.807, 2.05) is 24.3 Å². The topological polar surface area (TPSA) is 109 Å². The molecule has 0 atom stereocenters. The van der Waals surface area contributed by atoms with Gasteiger partial charge in [0.15, 0.2) is 5.13 Å². The molecule has 1 aliphatic rings. The molecule has 1 aliphatic heterocycles. The van der Waals surface area contributed by atoms with Crippen LogP contribution in [0.25, 0.3) is 0 Å². The van der Waals surface area contributed by atoms with Crippen LogP contribution in [0.2, 0.25) is 0 Å². The predicted molar refractivity (Wildman–Crippen MR) is 119 cm³/mol. The van der Waals surface area contributed by atoms with E-state index >= 15 is 0 Å². The van der Waals surface area contributed by atoms with E-state index < -0.39 is 29.0 Å². The number of piperidine rings is 1. The number of halogens is 2. The molecule has 10 heteroatoms. The van der Waals surface area contributed by atoms with Crippen molar-refractivity contribution in [3.05, 3.63) is 64.5 Å². The molecule has 1 fully saturated rings. The fourth-order valence-corrected chi connectivity index (χ4v) is 4.49. The highest BCUT2D eigenvalue weighted by molar-refractivity contribution is 7.18. The summed E-state index contributed by atoms with van der Waals surface area (Å²) >= 11 is 0.914. The molecule has 32 heavy (non-hydrogen) atoms. The monoisotopic (exact) mass is 458 g/mol. The number of ketones is 1. The number of hydrogen-bond donors (Lipinski definition) is 3. The minimum atomic E-state index is -0.958. The maximum Gasteiger partial charge on any atom is 0.306 e. The second kappa shape index (κ2) is 8.91. The number of aliphatic carboxylic acids is 1. The Labute approximate surface area is 186 Å². The van der Waals surface area contributed by atoms with Crippen molar-refractivity contribution in [3.63, 3.8) is 0 Å². The number of nitrogen functional groups attached to an aromatic ring is 1. The van der Waals surface area contributed by atoms with Gasteiger partial charge in [-0.2, -0.15) is 0 Å². The van der Waals surface area contributed by atoms with E-state index in [0.29, 0.717) is 36.8 Å². The van der Waals surface area contributed by atoms with Gasteiger partial charge >= 0.3 is 5.97 Å². The molecule has 0 aliphatic carbocycles. The van der Waals surface area contributed by atoms with Crippen LogP contribution in [0.15, 0.2) is 42.5 Å². The zero-order valence-electron chi connectivity index (χ0n) is 16.8. The lowest BCUT2D eigenvalue weighted by molar-refractivity contribution is -0.142. The van der Waals surface area contributed by atoms with Gasteiger partial charge < -0.3 is 21.1 Å². The lowest BCUT2D eigenvalue weighted by Gasteiger charge is -2.32. The lowest BCUT2D eigenvalue weighted by Crippen LogP contribution is -2.36. The SMILES string of the molecule is Nc1nc(Nc2ccc(N3CCC(C(=O)O)CC3)cc2)sc1C(=O)c1c(F)cccc1F. The average molecular weight is 458 g/mol. The van der Waals surface area contributed by atoms with E-state index in [0.717, 1.165) is 29.2 Å². The van der Waals surface area contributed by atoms with Crippen LogP contribution in [0.4, 0.5) is 31.1 Å². The molecule has 2 heterocycles. The summed E-state index contributed by atoms with van der Waals surface area (Å²) in [5.41, 5.74) is 6.84. The number of benzene rings is 2. The Kier molecular flexibility index (Phi) is 6.04. The average Bonchev–Trinajstić information content (AvgIpc) is 3.14. The van der Waals surface area contributed by atoms with Gasteiger partial charge in [-0.05, 0) is 49.2 Å². The van der Waals surface area contributed by atoms with Gasteiger partial charge in [-0.25, -0.2) is 13.8 Å². The smallest absolute Gasteiger partial charge is 0.306 e. The first kappa shape index (κ1) is 21.7. The van der Waals surface area contributed by atoms with Crippen LogP contribution in [0.1, 0.15) is 28.1 Å². The zero-order valence-corrected chi connectivity index (χ0v) is 17.7. The Morgan fingerprint density at radius 1 is 1.09 bits per heavy atom. The van der Waals surface area contributed by atoms with Crippen LogP contribution in [0.5, 0.6) is 0 Å². The highest BCUT2D eigenvalue weighted by Gasteiger charge is 2.25. The first-order chi connectivity index (χ1) is 15.3. The van der Waals surface area contributed by atoms with Gasteiger partial charge in [-0.3, -0.25) is 9.59 Å². The minimum absolute atomic E-state index is 0.0468. The number of carboxylic acid groups (broad SMARTS) is 1. The van der Waals surface area contributed by atoms with E-state index in [2.05, 4.69) is 15.2 Å². The molecule has 1 aromatic heterocycles. The zero-order chi connectivity index (χ0) is 22.8. The molecule has 0 amide bonds. The Morgan fingerprint density at radius 2 is 1.72 bits per heavy atom. The fourth-order valence-electron chi connectivity index (χ4n) is 3.64. The molecular formula is C22H20F2N4O3S. The third-order valence-corrected chi connectivity index (χ3v) is 6.36. The third kappa shape index (κ3) is 4.40. The van der Waals surface area contributed by atoms with Crippen molar-refractivity contribution in [2.45, 2.75) is 12.8 Å². The first-order valence-electron chi connectivity index (χ1n) is 9.93. The van der Waals surface area contributed by atoms with Gasteiger partial charge in [0.2, 0.25) is 5.78 Å². The summed E-state index contributed by atoms with van der Waals surface area (Å²) in [5.74, 6) is -3.92. The Morgan fingerprint density at radius 3 is 2.31 bits per heavy atom. The van der Waals surface area contributed by atoms with E-state index in [1.165, 1.54) is 6.07 Å². The molecule has 0 unspecified atom stereocenters. The summed E-state index contributed by atoms with van der Waals surface area (Å²) in [4.78, 5) is 29.9. The molecule has 0 radical (unpaired) electrons. The number of rotatable bonds is 6. The molecule has 7 nitrogen and oxygen atoms in total. The highest BCUT2D eigenvalue weighted by atomic mass is 32.1. The maximum absolute atomic E-state index is 14.0. The van der Waals surface area contributed by atoms with Crippen LogP contribution >= 0.6 is 11.3 Å². The number of nitrogens with two attached hydrogens (primary N) is 1. The summed E-state index contributed by atoms with van der Waals surface area (Å²) in [6, 6.07) is 10.7. The van der Waals surface area contributed by atoms with Crippen molar-refractivity contribution in [1.29, 1.82) is 0 Å². The Hall–Kier alpha value is -3.53. The van der Waals surface area contributed by atoms with Crippen LogP contribution in [-0.4, -0.2) is 34.9 Å². The van der Waals surface area contributed by atoms with Crippen LogP contribution in [-0.2, 0) is 4.79 Å².